The fraction of sp³-hybridized carbons (Fsp3) is 0.440. The summed E-state index contributed by atoms with van der Waals surface area (Å²) in [5.74, 6) is 0.657. The number of amidine groups is 1. The molecule has 0 radical (unpaired) electrons. The van der Waals surface area contributed by atoms with Crippen molar-refractivity contribution in [2.75, 3.05) is 26.7 Å². The van der Waals surface area contributed by atoms with Gasteiger partial charge >= 0.3 is 0 Å². The lowest BCUT2D eigenvalue weighted by atomic mass is 10.0. The highest BCUT2D eigenvalue weighted by Gasteiger charge is 2.33. The first kappa shape index (κ1) is 24.2. The van der Waals surface area contributed by atoms with Crippen LogP contribution in [-0.4, -0.2) is 57.8 Å². The monoisotopic (exact) mass is 484 g/mol. The topological polar surface area (TPSA) is 100 Å². The second kappa shape index (κ2) is 10.1. The number of nitrogens with one attached hydrogen (secondary N) is 2. The van der Waals surface area contributed by atoms with Crippen LogP contribution in [0.5, 0.6) is 5.75 Å². The molecule has 182 valence electrons. The zero-order chi connectivity index (χ0) is 24.3. The normalized spacial score (nSPS) is 20.1. The van der Waals surface area contributed by atoms with Crippen LogP contribution in [0.3, 0.4) is 0 Å². The smallest absolute Gasteiger partial charge is 0.263 e. The van der Waals surface area contributed by atoms with Gasteiger partial charge in [-0.2, -0.15) is 0 Å². The Morgan fingerprint density at radius 2 is 1.88 bits per heavy atom. The Balaban J connectivity index is 1.55. The van der Waals surface area contributed by atoms with Gasteiger partial charge in [0.05, 0.1) is 18.0 Å². The van der Waals surface area contributed by atoms with Gasteiger partial charge < -0.3 is 10.1 Å². The van der Waals surface area contributed by atoms with Gasteiger partial charge in [0.1, 0.15) is 17.6 Å². The van der Waals surface area contributed by atoms with Crippen LogP contribution in [0, 0.1) is 5.92 Å². The maximum atomic E-state index is 13.3. The number of amides is 1. The number of sulfonamides is 1. The molecule has 1 amide bonds. The number of carbonyl (C=O) groups is 1. The quantitative estimate of drug-likeness (QED) is 0.600. The van der Waals surface area contributed by atoms with Gasteiger partial charge in [0.25, 0.3) is 10.0 Å². The molecule has 2 N–H and O–H groups in total. The molecule has 2 aliphatic heterocycles. The average Bonchev–Trinajstić information content (AvgIpc) is 3.44. The third-order valence-corrected chi connectivity index (χ3v) is 7.76. The molecule has 2 aliphatic rings. The molecule has 2 heterocycles. The van der Waals surface area contributed by atoms with Crippen LogP contribution in [0.25, 0.3) is 0 Å². The molecule has 4 rings (SSSR count). The number of likely N-dealkylation sites (tertiary alicyclic amines) is 1. The number of aliphatic imine (C=N–C) groups is 1. The molecule has 8 nitrogen and oxygen atoms in total. The SMILES string of the molecule is COc1cccc(C(CNC(=O)[C@@H](N=C2NS(=O)(=O)c3ccccc32)C(C)C)N2CCCC2)c1. The standard InChI is InChI=1S/C25H32N4O4S/c1-17(2)23(27-24-20-11-4-5-12-22(20)34(31,32)28-24)25(30)26-16-21(29-13-6-7-14-29)18-9-8-10-19(15-18)33-3/h4-5,8-12,15,17,21,23H,6-7,13-14,16H2,1-3H3,(H,26,30)(H,27,28)/t21?,23-/m0/s1. The fourth-order valence-electron chi connectivity index (χ4n) is 4.54. The highest BCUT2D eigenvalue weighted by molar-refractivity contribution is 7.90. The van der Waals surface area contributed by atoms with Gasteiger partial charge in [-0.05, 0) is 61.7 Å². The van der Waals surface area contributed by atoms with Crippen LogP contribution in [0.4, 0.5) is 0 Å². The average molecular weight is 485 g/mol. The van der Waals surface area contributed by atoms with Gasteiger partial charge in [0.15, 0.2) is 0 Å². The summed E-state index contributed by atoms with van der Waals surface area (Å²) >= 11 is 0. The summed E-state index contributed by atoms with van der Waals surface area (Å²) in [6, 6.07) is 13.9. The highest BCUT2D eigenvalue weighted by Crippen LogP contribution is 2.28. The number of methoxy groups -OCH3 is 1. The molecule has 34 heavy (non-hydrogen) atoms. The van der Waals surface area contributed by atoms with E-state index in [0.717, 1.165) is 37.2 Å². The number of hydrogen-bond donors (Lipinski definition) is 2. The van der Waals surface area contributed by atoms with Crippen molar-refractivity contribution in [3.8, 4) is 5.75 Å². The minimum absolute atomic E-state index is 0.0210. The van der Waals surface area contributed by atoms with Crippen molar-refractivity contribution in [3.05, 3.63) is 59.7 Å². The predicted octanol–water partition coefficient (Wildman–Crippen LogP) is 2.71. The minimum Gasteiger partial charge on any atom is -0.497 e. The Morgan fingerprint density at radius 1 is 1.15 bits per heavy atom. The molecule has 2 aromatic carbocycles. The number of fused-ring (bicyclic) bond motifs is 1. The lowest BCUT2D eigenvalue weighted by Gasteiger charge is -2.29. The minimum atomic E-state index is -3.66. The van der Waals surface area contributed by atoms with Crippen LogP contribution < -0.4 is 14.8 Å². The third-order valence-electron chi connectivity index (χ3n) is 6.36. The van der Waals surface area contributed by atoms with Crippen molar-refractivity contribution in [2.45, 2.75) is 43.7 Å². The van der Waals surface area contributed by atoms with Crippen molar-refractivity contribution in [1.29, 1.82) is 0 Å². The van der Waals surface area contributed by atoms with Gasteiger partial charge in [-0.15, -0.1) is 0 Å². The molecule has 0 bridgehead atoms. The van der Waals surface area contributed by atoms with E-state index in [0.29, 0.717) is 12.1 Å². The van der Waals surface area contributed by atoms with Crippen molar-refractivity contribution in [3.63, 3.8) is 0 Å². The molecule has 0 aliphatic carbocycles. The Kier molecular flexibility index (Phi) is 7.23. The van der Waals surface area contributed by atoms with Crippen molar-refractivity contribution in [2.24, 2.45) is 10.9 Å². The van der Waals surface area contributed by atoms with Crippen LogP contribution in [0.15, 0.2) is 58.4 Å². The highest BCUT2D eigenvalue weighted by atomic mass is 32.2. The van der Waals surface area contributed by atoms with E-state index in [1.807, 2.05) is 32.0 Å². The molecule has 0 spiro atoms. The Labute approximate surface area is 201 Å². The Morgan fingerprint density at radius 3 is 2.59 bits per heavy atom. The largest absolute Gasteiger partial charge is 0.497 e. The number of ether oxygens (including phenoxy) is 1. The van der Waals surface area contributed by atoms with E-state index < -0.39 is 16.1 Å². The van der Waals surface area contributed by atoms with Gasteiger partial charge in [0, 0.05) is 12.1 Å². The molecule has 2 atom stereocenters. The van der Waals surface area contributed by atoms with Crippen LogP contribution in [-0.2, 0) is 14.8 Å². The summed E-state index contributed by atoms with van der Waals surface area (Å²) in [5.41, 5.74) is 1.58. The van der Waals surface area contributed by atoms with E-state index in [2.05, 4.69) is 26.0 Å². The second-order valence-electron chi connectivity index (χ2n) is 9.05. The van der Waals surface area contributed by atoms with Crippen molar-refractivity contribution < 1.29 is 17.9 Å². The second-order valence-corrected chi connectivity index (χ2v) is 10.7. The number of rotatable bonds is 8. The first-order valence-corrected chi connectivity index (χ1v) is 13.1. The molecule has 0 aromatic heterocycles. The van der Waals surface area contributed by atoms with E-state index in [4.69, 9.17) is 4.74 Å². The van der Waals surface area contributed by atoms with E-state index in [1.165, 1.54) is 0 Å². The number of benzene rings is 2. The Hall–Kier alpha value is -2.91. The fourth-order valence-corrected chi connectivity index (χ4v) is 5.78. The summed E-state index contributed by atoms with van der Waals surface area (Å²) in [4.78, 5) is 20.4. The first-order valence-electron chi connectivity index (χ1n) is 11.7. The van der Waals surface area contributed by atoms with Gasteiger partial charge in [-0.1, -0.05) is 38.1 Å². The molecular weight excluding hydrogens is 452 g/mol. The first-order chi connectivity index (χ1) is 16.3. The number of hydrogen-bond acceptors (Lipinski definition) is 6. The van der Waals surface area contributed by atoms with Crippen molar-refractivity contribution >= 4 is 21.8 Å². The van der Waals surface area contributed by atoms with Crippen molar-refractivity contribution in [1.82, 2.24) is 14.9 Å². The van der Waals surface area contributed by atoms with Crippen LogP contribution in [0.1, 0.15) is 43.9 Å². The summed E-state index contributed by atoms with van der Waals surface area (Å²) < 4.78 is 32.8. The van der Waals surface area contributed by atoms with Gasteiger partial charge in [-0.3, -0.25) is 19.4 Å². The number of nitrogens with zero attached hydrogens (tertiary/aromatic N) is 2. The van der Waals surface area contributed by atoms with Crippen LogP contribution >= 0.6 is 0 Å². The van der Waals surface area contributed by atoms with Gasteiger partial charge in [-0.25, -0.2) is 8.42 Å². The molecule has 1 unspecified atom stereocenters. The summed E-state index contributed by atoms with van der Waals surface area (Å²) in [5, 5.41) is 3.09. The summed E-state index contributed by atoms with van der Waals surface area (Å²) in [6.45, 7) is 6.20. The molecular formula is C25H32N4O4S. The zero-order valence-electron chi connectivity index (χ0n) is 19.8. The maximum Gasteiger partial charge on any atom is 0.263 e. The van der Waals surface area contributed by atoms with E-state index in [9.17, 15) is 13.2 Å². The lowest BCUT2D eigenvalue weighted by Crippen LogP contribution is -2.43. The van der Waals surface area contributed by atoms with E-state index in [1.54, 1.807) is 31.4 Å². The maximum absolute atomic E-state index is 13.3. The molecule has 9 heteroatoms. The third kappa shape index (κ3) is 5.10. The predicted molar refractivity (Wildman–Crippen MR) is 131 cm³/mol. The lowest BCUT2D eigenvalue weighted by molar-refractivity contribution is -0.123. The summed E-state index contributed by atoms with van der Waals surface area (Å²) in [7, 11) is -2.02. The van der Waals surface area contributed by atoms with Crippen LogP contribution in [0.2, 0.25) is 0 Å². The van der Waals surface area contributed by atoms with E-state index >= 15 is 0 Å². The summed E-state index contributed by atoms with van der Waals surface area (Å²) in [6.07, 6.45) is 2.27. The van der Waals surface area contributed by atoms with E-state index in [-0.39, 0.29) is 28.6 Å². The Bertz CT molecular complexity index is 1170. The number of carbonyl (C=O) groups excluding carboxylic acids is 1. The zero-order valence-corrected chi connectivity index (χ0v) is 20.6. The van der Waals surface area contributed by atoms with Gasteiger partial charge in [0.2, 0.25) is 5.91 Å². The molecule has 1 fully saturated rings. The molecule has 1 saturated heterocycles. The molecule has 0 saturated carbocycles. The molecule has 2 aromatic rings.